The van der Waals surface area contributed by atoms with Crippen molar-refractivity contribution in [2.45, 2.75) is 10.1 Å². The minimum Gasteiger partial charge on any atom is -0.383 e. The third-order valence-electron chi connectivity index (χ3n) is 2.96. The minimum atomic E-state index is -0.517. The van der Waals surface area contributed by atoms with Gasteiger partial charge in [-0.3, -0.25) is 14.8 Å². The largest absolute Gasteiger partial charge is 0.383 e. The third-order valence-corrected chi connectivity index (χ3v) is 4.19. The van der Waals surface area contributed by atoms with E-state index < -0.39 is 5.25 Å². The van der Waals surface area contributed by atoms with Crippen molar-refractivity contribution < 1.29 is 19.5 Å². The van der Waals surface area contributed by atoms with E-state index in [9.17, 15) is 14.8 Å². The number of rotatable bonds is 6. The first-order valence-electron chi connectivity index (χ1n) is 6.14. The van der Waals surface area contributed by atoms with Crippen molar-refractivity contribution in [2.75, 3.05) is 31.7 Å². The van der Waals surface area contributed by atoms with Gasteiger partial charge in [-0.15, -0.1) is 11.8 Å². The molecule has 20 heavy (non-hydrogen) atoms. The average molecular weight is 296 g/mol. The first-order valence-corrected chi connectivity index (χ1v) is 7.02. The summed E-state index contributed by atoms with van der Waals surface area (Å²) in [5.41, 5.74) is 0.839. The zero-order chi connectivity index (χ0) is 14.5. The third kappa shape index (κ3) is 3.12. The number of benzene rings is 1. The molecular weight excluding hydrogens is 280 g/mol. The van der Waals surface area contributed by atoms with E-state index >= 15 is 0 Å². The van der Waals surface area contributed by atoms with Crippen LogP contribution in [-0.2, 0) is 14.3 Å². The number of hydroxylamine groups is 2. The highest BCUT2D eigenvalue weighted by Crippen LogP contribution is 2.38. The molecule has 2 amide bonds. The number of fused-ring (bicyclic) bond motifs is 1. The molecule has 6 nitrogen and oxygen atoms in total. The van der Waals surface area contributed by atoms with Gasteiger partial charge in [0.05, 0.1) is 18.8 Å². The van der Waals surface area contributed by atoms with E-state index in [1.54, 1.807) is 12.0 Å². The smallest absolute Gasteiger partial charge is 0.242 e. The molecule has 0 saturated carbocycles. The number of amides is 2. The van der Waals surface area contributed by atoms with Crippen LogP contribution in [0.15, 0.2) is 29.2 Å². The fourth-order valence-corrected chi connectivity index (χ4v) is 3.24. The summed E-state index contributed by atoms with van der Waals surface area (Å²) in [5.74, 6) is -0.133. The van der Waals surface area contributed by atoms with Crippen LogP contribution in [0.5, 0.6) is 0 Å². The van der Waals surface area contributed by atoms with Gasteiger partial charge in [0, 0.05) is 18.6 Å². The van der Waals surface area contributed by atoms with Gasteiger partial charge in [0.1, 0.15) is 5.25 Å². The van der Waals surface area contributed by atoms with Crippen molar-refractivity contribution in [2.24, 2.45) is 0 Å². The van der Waals surface area contributed by atoms with E-state index in [0.717, 1.165) is 10.6 Å². The van der Waals surface area contributed by atoms with Gasteiger partial charge >= 0.3 is 0 Å². The Morgan fingerprint density at radius 3 is 2.95 bits per heavy atom. The standard InChI is InChI=1S/C13H16N2O4S/c1-19-7-6-15-10-4-2-3-5-11(10)20-12(13(15)17)8-14(18)9-16/h2-5,9,12,18H,6-8H2,1H3. The maximum absolute atomic E-state index is 12.4. The Bertz CT molecular complexity index is 497. The molecule has 1 unspecified atom stereocenters. The highest BCUT2D eigenvalue weighted by molar-refractivity contribution is 8.01. The normalized spacial score (nSPS) is 17.8. The summed E-state index contributed by atoms with van der Waals surface area (Å²) < 4.78 is 5.03. The van der Waals surface area contributed by atoms with Crippen LogP contribution in [0, 0.1) is 0 Å². The van der Waals surface area contributed by atoms with Crippen LogP contribution in [0.1, 0.15) is 0 Å². The van der Waals surface area contributed by atoms with Crippen LogP contribution >= 0.6 is 11.8 Å². The second-order valence-corrected chi connectivity index (χ2v) is 5.53. The van der Waals surface area contributed by atoms with Gasteiger partial charge in [-0.25, -0.2) is 5.06 Å². The molecule has 7 heteroatoms. The van der Waals surface area contributed by atoms with Gasteiger partial charge in [0.15, 0.2) is 0 Å². The molecule has 1 N–H and O–H groups in total. The summed E-state index contributed by atoms with van der Waals surface area (Å²) in [7, 11) is 1.58. The molecule has 1 atom stereocenters. The molecule has 1 aliphatic rings. The monoisotopic (exact) mass is 296 g/mol. The summed E-state index contributed by atoms with van der Waals surface area (Å²) in [4.78, 5) is 25.5. The second kappa shape index (κ2) is 6.74. The predicted octanol–water partition coefficient (Wildman–Crippen LogP) is 0.988. The van der Waals surface area contributed by atoms with Gasteiger partial charge in [-0.05, 0) is 12.1 Å². The number of carbonyl (C=O) groups is 2. The fraction of sp³-hybridized carbons (Fsp3) is 0.385. The number of para-hydroxylation sites is 1. The number of ether oxygens (including phenoxy) is 1. The van der Waals surface area contributed by atoms with Gasteiger partial charge in [0.2, 0.25) is 12.3 Å². The Morgan fingerprint density at radius 1 is 1.50 bits per heavy atom. The molecule has 1 aliphatic heterocycles. The first kappa shape index (κ1) is 14.8. The number of hydrogen-bond acceptors (Lipinski definition) is 5. The fourth-order valence-electron chi connectivity index (χ4n) is 2.02. The second-order valence-electron chi connectivity index (χ2n) is 4.28. The van der Waals surface area contributed by atoms with E-state index in [1.807, 2.05) is 24.3 Å². The lowest BCUT2D eigenvalue weighted by Crippen LogP contribution is -2.46. The van der Waals surface area contributed by atoms with Crippen LogP contribution in [-0.4, -0.2) is 54.6 Å². The summed E-state index contributed by atoms with van der Waals surface area (Å²) in [6.07, 6.45) is 0.299. The lowest BCUT2D eigenvalue weighted by Gasteiger charge is -2.34. The molecule has 0 spiro atoms. The zero-order valence-corrected chi connectivity index (χ0v) is 11.9. The average Bonchev–Trinajstić information content (AvgIpc) is 2.47. The molecule has 108 valence electrons. The van der Waals surface area contributed by atoms with Crippen LogP contribution in [0.25, 0.3) is 0 Å². The molecule has 1 heterocycles. The SMILES string of the molecule is COCCN1C(=O)C(CN(O)C=O)Sc2ccccc21. The molecule has 0 radical (unpaired) electrons. The summed E-state index contributed by atoms with van der Waals surface area (Å²) in [6, 6.07) is 7.56. The van der Waals surface area contributed by atoms with E-state index in [-0.39, 0.29) is 12.5 Å². The van der Waals surface area contributed by atoms with Gasteiger partial charge < -0.3 is 9.64 Å². The molecule has 0 bridgehead atoms. The van der Waals surface area contributed by atoms with Crippen molar-refractivity contribution in [1.82, 2.24) is 5.06 Å². The number of anilines is 1. The lowest BCUT2D eigenvalue weighted by molar-refractivity contribution is -0.150. The van der Waals surface area contributed by atoms with Crippen LogP contribution in [0.4, 0.5) is 5.69 Å². The van der Waals surface area contributed by atoms with Crippen molar-refractivity contribution in [3.63, 3.8) is 0 Å². The van der Waals surface area contributed by atoms with Gasteiger partial charge in [0.25, 0.3) is 0 Å². The Labute approximate surface area is 121 Å². The lowest BCUT2D eigenvalue weighted by atomic mass is 10.2. The summed E-state index contributed by atoms with van der Waals surface area (Å²) in [6.45, 7) is 0.828. The Balaban J connectivity index is 2.25. The van der Waals surface area contributed by atoms with Crippen molar-refractivity contribution in [1.29, 1.82) is 0 Å². The highest BCUT2D eigenvalue weighted by Gasteiger charge is 2.34. The molecule has 1 aromatic rings. The molecular formula is C13H16N2O4S. The summed E-state index contributed by atoms with van der Waals surface area (Å²) >= 11 is 1.35. The van der Waals surface area contributed by atoms with E-state index in [2.05, 4.69) is 0 Å². The first-order chi connectivity index (χ1) is 9.67. The quantitative estimate of drug-likeness (QED) is 0.481. The van der Waals surface area contributed by atoms with E-state index in [4.69, 9.17) is 4.74 Å². The van der Waals surface area contributed by atoms with E-state index in [1.165, 1.54) is 11.8 Å². The number of hydrogen-bond donors (Lipinski definition) is 1. The number of methoxy groups -OCH3 is 1. The molecule has 0 saturated heterocycles. The molecule has 0 aliphatic carbocycles. The number of nitrogens with zero attached hydrogens (tertiary/aromatic N) is 2. The van der Waals surface area contributed by atoms with Gasteiger partial charge in [-0.1, -0.05) is 12.1 Å². The maximum Gasteiger partial charge on any atom is 0.242 e. The Morgan fingerprint density at radius 2 is 2.25 bits per heavy atom. The van der Waals surface area contributed by atoms with Gasteiger partial charge in [-0.2, -0.15) is 0 Å². The van der Waals surface area contributed by atoms with Crippen LogP contribution in [0.2, 0.25) is 0 Å². The minimum absolute atomic E-state index is 0.0369. The molecule has 0 fully saturated rings. The maximum atomic E-state index is 12.4. The van der Waals surface area contributed by atoms with Crippen LogP contribution in [0.3, 0.4) is 0 Å². The van der Waals surface area contributed by atoms with Crippen molar-refractivity contribution >= 4 is 29.8 Å². The van der Waals surface area contributed by atoms with Crippen LogP contribution < -0.4 is 4.90 Å². The Hall–Kier alpha value is -1.57. The predicted molar refractivity (Wildman–Crippen MR) is 74.9 cm³/mol. The number of carbonyl (C=O) groups excluding carboxylic acids is 2. The Kier molecular flexibility index (Phi) is 4.99. The van der Waals surface area contributed by atoms with E-state index in [0.29, 0.717) is 24.6 Å². The number of thioether (sulfide) groups is 1. The molecule has 2 rings (SSSR count). The molecule has 1 aromatic carbocycles. The van der Waals surface area contributed by atoms with Crippen molar-refractivity contribution in [3.8, 4) is 0 Å². The highest BCUT2D eigenvalue weighted by atomic mass is 32.2. The summed E-state index contributed by atoms with van der Waals surface area (Å²) in [5, 5.41) is 9.28. The zero-order valence-electron chi connectivity index (χ0n) is 11.1. The van der Waals surface area contributed by atoms with Crippen molar-refractivity contribution in [3.05, 3.63) is 24.3 Å². The topological polar surface area (TPSA) is 70.1 Å². The molecule has 0 aromatic heterocycles.